The Morgan fingerprint density at radius 1 is 1.12 bits per heavy atom. The molecular formula is C21H27NO4. The number of ketones is 1. The third-order valence-electron chi connectivity index (χ3n) is 3.97. The highest BCUT2D eigenvalue weighted by Gasteiger charge is 2.17. The monoisotopic (exact) mass is 357 g/mol. The number of ether oxygens (including phenoxy) is 3. The number of rotatable bonds is 10. The SMILES string of the molecule is CCCc1c(OCCCOc2cccc(N)c2)ccc(C(C)=O)c1OC. The highest BCUT2D eigenvalue weighted by atomic mass is 16.5. The van der Waals surface area contributed by atoms with E-state index in [2.05, 4.69) is 6.92 Å². The standard InChI is InChI=1S/C21H27NO4/c1-4-7-19-20(11-10-18(15(2)23)21(19)24-3)26-13-6-12-25-17-9-5-8-16(22)14-17/h5,8-11,14H,4,6-7,12-13,22H2,1-3H3. The predicted molar refractivity (Wildman–Crippen MR) is 103 cm³/mol. The number of nitrogen functional groups attached to an aromatic ring is 1. The first kappa shape index (κ1) is 19.6. The number of nitrogens with two attached hydrogens (primary N) is 1. The van der Waals surface area contributed by atoms with Crippen molar-refractivity contribution in [3.63, 3.8) is 0 Å². The zero-order chi connectivity index (χ0) is 18.9. The van der Waals surface area contributed by atoms with Crippen LogP contribution in [0.15, 0.2) is 36.4 Å². The molecule has 26 heavy (non-hydrogen) atoms. The maximum atomic E-state index is 11.8. The van der Waals surface area contributed by atoms with Crippen LogP contribution in [0, 0.1) is 0 Å². The number of carbonyl (C=O) groups excluding carboxylic acids is 1. The zero-order valence-corrected chi connectivity index (χ0v) is 15.7. The molecule has 0 saturated carbocycles. The van der Waals surface area contributed by atoms with Crippen LogP contribution >= 0.6 is 0 Å². The van der Waals surface area contributed by atoms with E-state index in [9.17, 15) is 4.79 Å². The zero-order valence-electron chi connectivity index (χ0n) is 15.7. The van der Waals surface area contributed by atoms with E-state index in [1.807, 2.05) is 24.3 Å². The molecule has 0 atom stereocenters. The molecule has 0 radical (unpaired) electrons. The number of hydrogen-bond donors (Lipinski definition) is 1. The van der Waals surface area contributed by atoms with Gasteiger partial charge in [-0.2, -0.15) is 0 Å². The number of benzene rings is 2. The van der Waals surface area contributed by atoms with Crippen molar-refractivity contribution >= 4 is 11.5 Å². The second-order valence-electron chi connectivity index (χ2n) is 6.05. The Bertz CT molecular complexity index is 743. The molecule has 0 aliphatic heterocycles. The molecule has 0 amide bonds. The van der Waals surface area contributed by atoms with Crippen LogP contribution in [0.2, 0.25) is 0 Å². The lowest BCUT2D eigenvalue weighted by Gasteiger charge is -2.17. The van der Waals surface area contributed by atoms with Gasteiger partial charge in [-0.15, -0.1) is 0 Å². The van der Waals surface area contributed by atoms with Crippen LogP contribution in [0.4, 0.5) is 5.69 Å². The normalized spacial score (nSPS) is 10.4. The van der Waals surface area contributed by atoms with Crippen LogP contribution in [0.5, 0.6) is 17.2 Å². The third kappa shape index (κ3) is 5.15. The van der Waals surface area contributed by atoms with Crippen molar-refractivity contribution in [1.29, 1.82) is 0 Å². The molecule has 0 unspecified atom stereocenters. The Kier molecular flexibility index (Phi) is 7.33. The van der Waals surface area contributed by atoms with Gasteiger partial charge in [-0.3, -0.25) is 4.79 Å². The van der Waals surface area contributed by atoms with Crippen molar-refractivity contribution in [2.24, 2.45) is 0 Å². The quantitative estimate of drug-likeness (QED) is 0.390. The minimum Gasteiger partial charge on any atom is -0.496 e. The lowest BCUT2D eigenvalue weighted by molar-refractivity contribution is 0.101. The van der Waals surface area contributed by atoms with Gasteiger partial charge in [0.05, 0.1) is 25.9 Å². The number of Topliss-reactive ketones (excluding diaryl/α,β-unsaturated/α-hetero) is 1. The molecule has 0 aliphatic rings. The van der Waals surface area contributed by atoms with Gasteiger partial charge in [0.15, 0.2) is 5.78 Å². The third-order valence-corrected chi connectivity index (χ3v) is 3.97. The molecule has 0 bridgehead atoms. The van der Waals surface area contributed by atoms with Gasteiger partial charge in [-0.25, -0.2) is 0 Å². The minimum absolute atomic E-state index is 0.0127. The van der Waals surface area contributed by atoms with Crippen molar-refractivity contribution in [2.75, 3.05) is 26.1 Å². The fourth-order valence-electron chi connectivity index (χ4n) is 2.78. The van der Waals surface area contributed by atoms with Crippen LogP contribution in [0.3, 0.4) is 0 Å². The Morgan fingerprint density at radius 3 is 2.54 bits per heavy atom. The van der Waals surface area contributed by atoms with E-state index in [0.717, 1.165) is 36.3 Å². The first-order valence-electron chi connectivity index (χ1n) is 8.88. The average molecular weight is 357 g/mol. The minimum atomic E-state index is -0.0127. The van der Waals surface area contributed by atoms with Gasteiger partial charge >= 0.3 is 0 Å². The molecule has 0 aliphatic carbocycles. The molecule has 2 aromatic carbocycles. The summed E-state index contributed by atoms with van der Waals surface area (Å²) in [6, 6.07) is 11.0. The summed E-state index contributed by atoms with van der Waals surface area (Å²) in [5.74, 6) is 2.12. The highest BCUT2D eigenvalue weighted by molar-refractivity contribution is 5.97. The summed E-state index contributed by atoms with van der Waals surface area (Å²) < 4.78 is 17.1. The van der Waals surface area contributed by atoms with Crippen molar-refractivity contribution in [1.82, 2.24) is 0 Å². The smallest absolute Gasteiger partial charge is 0.163 e. The maximum absolute atomic E-state index is 11.8. The van der Waals surface area contributed by atoms with Gasteiger partial charge < -0.3 is 19.9 Å². The topological polar surface area (TPSA) is 70.8 Å². The summed E-state index contributed by atoms with van der Waals surface area (Å²) in [5, 5.41) is 0. The van der Waals surface area contributed by atoms with E-state index in [1.165, 1.54) is 0 Å². The van der Waals surface area contributed by atoms with E-state index in [-0.39, 0.29) is 5.78 Å². The van der Waals surface area contributed by atoms with Crippen molar-refractivity contribution in [3.05, 3.63) is 47.5 Å². The van der Waals surface area contributed by atoms with E-state index in [0.29, 0.717) is 30.2 Å². The fourth-order valence-corrected chi connectivity index (χ4v) is 2.78. The first-order chi connectivity index (χ1) is 12.6. The first-order valence-corrected chi connectivity index (χ1v) is 8.88. The van der Waals surface area contributed by atoms with E-state index in [4.69, 9.17) is 19.9 Å². The molecule has 0 heterocycles. The van der Waals surface area contributed by atoms with Gasteiger partial charge in [0.2, 0.25) is 0 Å². The average Bonchev–Trinajstić information content (AvgIpc) is 2.62. The van der Waals surface area contributed by atoms with E-state index < -0.39 is 0 Å². The Hall–Kier alpha value is -2.69. The molecule has 140 valence electrons. The lowest BCUT2D eigenvalue weighted by atomic mass is 10.0. The summed E-state index contributed by atoms with van der Waals surface area (Å²) in [4.78, 5) is 11.8. The number of hydrogen-bond acceptors (Lipinski definition) is 5. The second kappa shape index (κ2) is 9.70. The van der Waals surface area contributed by atoms with Crippen LogP contribution in [-0.2, 0) is 6.42 Å². The molecule has 0 spiro atoms. The fraction of sp³-hybridized carbons (Fsp3) is 0.381. The summed E-state index contributed by atoms with van der Waals surface area (Å²) >= 11 is 0. The van der Waals surface area contributed by atoms with Gasteiger partial charge in [-0.1, -0.05) is 19.4 Å². The largest absolute Gasteiger partial charge is 0.496 e. The van der Waals surface area contributed by atoms with Crippen LogP contribution in [-0.4, -0.2) is 26.1 Å². The molecule has 2 rings (SSSR count). The summed E-state index contributed by atoms with van der Waals surface area (Å²) in [6.07, 6.45) is 2.46. The molecular weight excluding hydrogens is 330 g/mol. The number of carbonyl (C=O) groups is 1. The second-order valence-corrected chi connectivity index (χ2v) is 6.05. The van der Waals surface area contributed by atoms with Gasteiger partial charge in [0.1, 0.15) is 17.2 Å². The van der Waals surface area contributed by atoms with Crippen LogP contribution in [0.25, 0.3) is 0 Å². The highest BCUT2D eigenvalue weighted by Crippen LogP contribution is 2.34. The van der Waals surface area contributed by atoms with Gasteiger partial charge in [-0.05, 0) is 37.6 Å². The Balaban J connectivity index is 1.97. The van der Waals surface area contributed by atoms with Gasteiger partial charge in [0.25, 0.3) is 0 Å². The van der Waals surface area contributed by atoms with Crippen molar-refractivity contribution in [2.45, 2.75) is 33.1 Å². The molecule has 2 N–H and O–H groups in total. The summed E-state index contributed by atoms with van der Waals surface area (Å²) in [6.45, 7) is 4.68. The molecule has 2 aromatic rings. The van der Waals surface area contributed by atoms with E-state index >= 15 is 0 Å². The summed E-state index contributed by atoms with van der Waals surface area (Å²) in [7, 11) is 1.59. The van der Waals surface area contributed by atoms with Crippen LogP contribution in [0.1, 0.15) is 42.6 Å². The summed E-state index contributed by atoms with van der Waals surface area (Å²) in [5.41, 5.74) is 7.95. The van der Waals surface area contributed by atoms with Crippen molar-refractivity contribution < 1.29 is 19.0 Å². The molecule has 5 heteroatoms. The molecule has 0 fully saturated rings. The number of anilines is 1. The van der Waals surface area contributed by atoms with E-state index in [1.54, 1.807) is 26.2 Å². The van der Waals surface area contributed by atoms with Gasteiger partial charge in [0, 0.05) is 23.7 Å². The molecule has 0 aromatic heterocycles. The van der Waals surface area contributed by atoms with Crippen molar-refractivity contribution in [3.8, 4) is 17.2 Å². The Labute approximate surface area is 155 Å². The Morgan fingerprint density at radius 2 is 1.88 bits per heavy atom. The number of methoxy groups -OCH3 is 1. The van der Waals surface area contributed by atoms with Crippen LogP contribution < -0.4 is 19.9 Å². The molecule has 5 nitrogen and oxygen atoms in total. The lowest BCUT2D eigenvalue weighted by Crippen LogP contribution is -2.08. The predicted octanol–water partition coefficient (Wildman–Crippen LogP) is 4.28. The molecule has 0 saturated heterocycles. The maximum Gasteiger partial charge on any atom is 0.163 e.